The summed E-state index contributed by atoms with van der Waals surface area (Å²) in [4.78, 5) is 14.4. The van der Waals surface area contributed by atoms with E-state index in [0.29, 0.717) is 22.2 Å². The maximum atomic E-state index is 12.7. The average molecular weight is 384 g/mol. The molecule has 0 saturated carbocycles. The highest BCUT2D eigenvalue weighted by atomic mass is 35.5. The van der Waals surface area contributed by atoms with Crippen molar-refractivity contribution in [3.8, 4) is 22.8 Å². The quantitative estimate of drug-likeness (QED) is 0.741. The summed E-state index contributed by atoms with van der Waals surface area (Å²) >= 11 is 6.01. The summed E-state index contributed by atoms with van der Waals surface area (Å²) in [5, 5.41) is 7.95. The molecule has 2 heterocycles. The Morgan fingerprint density at radius 3 is 2.44 bits per heavy atom. The highest BCUT2D eigenvalue weighted by Gasteiger charge is 2.40. The van der Waals surface area contributed by atoms with Crippen LogP contribution < -0.4 is 9.47 Å². The maximum absolute atomic E-state index is 12.7. The second-order valence-corrected chi connectivity index (χ2v) is 6.74. The topological polar surface area (TPSA) is 67.5 Å². The summed E-state index contributed by atoms with van der Waals surface area (Å²) < 4.78 is 10.8. The van der Waals surface area contributed by atoms with Crippen LogP contribution in [0.5, 0.6) is 11.5 Å². The van der Waals surface area contributed by atoms with E-state index in [1.54, 1.807) is 26.2 Å². The molecule has 0 saturated heterocycles. The summed E-state index contributed by atoms with van der Waals surface area (Å²) in [6.07, 6.45) is 0. The third-order valence-electron chi connectivity index (χ3n) is 4.84. The third-order valence-corrected chi connectivity index (χ3v) is 5.09. The van der Waals surface area contributed by atoms with Gasteiger partial charge in [0, 0.05) is 23.2 Å². The van der Waals surface area contributed by atoms with Gasteiger partial charge in [-0.25, -0.2) is 0 Å². The number of aromatic amines is 1. The zero-order valence-corrected chi connectivity index (χ0v) is 15.9. The Bertz CT molecular complexity index is 1010. The molecule has 0 spiro atoms. The van der Waals surface area contributed by atoms with Crippen molar-refractivity contribution in [1.29, 1.82) is 0 Å². The molecule has 0 unspecified atom stereocenters. The van der Waals surface area contributed by atoms with Crippen LogP contribution in [0.1, 0.15) is 27.7 Å². The van der Waals surface area contributed by atoms with Gasteiger partial charge in [0.2, 0.25) is 0 Å². The number of hydrogen-bond donors (Lipinski definition) is 1. The molecular formula is C20H18ClN3O3. The fraction of sp³-hybridized carbons (Fsp3) is 0.200. The lowest BCUT2D eigenvalue weighted by Gasteiger charge is -2.23. The highest BCUT2D eigenvalue weighted by Crippen LogP contribution is 2.43. The van der Waals surface area contributed by atoms with Crippen molar-refractivity contribution in [1.82, 2.24) is 15.1 Å². The largest absolute Gasteiger partial charge is 0.493 e. The standard InChI is InChI=1S/C20H18ClN3O3/c1-24-19(12-6-9-14(26-2)15(10-12)27-3)16-17(22-23-18(16)20(24)25)11-4-7-13(21)8-5-11/h4-10,19H,1-3H3,(H,22,23)/t19-/m0/s1. The van der Waals surface area contributed by atoms with Gasteiger partial charge in [-0.15, -0.1) is 0 Å². The zero-order chi connectivity index (χ0) is 19.1. The first kappa shape index (κ1) is 17.4. The molecule has 1 atom stereocenters. The van der Waals surface area contributed by atoms with Crippen LogP contribution in [0.4, 0.5) is 0 Å². The predicted molar refractivity (Wildman–Crippen MR) is 103 cm³/mol. The number of halogens is 1. The normalized spacial score (nSPS) is 15.8. The van der Waals surface area contributed by atoms with Crippen molar-refractivity contribution in [3.05, 3.63) is 64.3 Å². The number of H-pyrrole nitrogens is 1. The second-order valence-electron chi connectivity index (χ2n) is 6.30. The number of fused-ring (bicyclic) bond motifs is 1. The number of methoxy groups -OCH3 is 2. The Morgan fingerprint density at radius 2 is 1.78 bits per heavy atom. The molecule has 2 aromatic carbocycles. The molecule has 6 nitrogen and oxygen atoms in total. The Labute approximate surface area is 161 Å². The summed E-state index contributed by atoms with van der Waals surface area (Å²) in [6, 6.07) is 12.8. The minimum atomic E-state index is -0.281. The van der Waals surface area contributed by atoms with E-state index in [9.17, 15) is 4.79 Å². The van der Waals surface area contributed by atoms with Gasteiger partial charge in [-0.05, 0) is 29.8 Å². The fourth-order valence-electron chi connectivity index (χ4n) is 3.51. The highest BCUT2D eigenvalue weighted by molar-refractivity contribution is 6.30. The smallest absolute Gasteiger partial charge is 0.272 e. The molecule has 3 aromatic rings. The molecule has 1 aliphatic heterocycles. The van der Waals surface area contributed by atoms with Gasteiger partial charge in [-0.1, -0.05) is 29.8 Å². The monoisotopic (exact) mass is 383 g/mol. The lowest BCUT2D eigenvalue weighted by Crippen LogP contribution is -2.24. The molecule has 0 bridgehead atoms. The average Bonchev–Trinajstić information content (AvgIpc) is 3.21. The number of benzene rings is 2. The molecule has 0 radical (unpaired) electrons. The van der Waals surface area contributed by atoms with E-state index < -0.39 is 0 Å². The summed E-state index contributed by atoms with van der Waals surface area (Å²) in [5.41, 5.74) is 3.89. The number of ether oxygens (including phenoxy) is 2. The van der Waals surface area contributed by atoms with Gasteiger partial charge in [0.15, 0.2) is 11.5 Å². The van der Waals surface area contributed by atoms with Crippen molar-refractivity contribution in [2.75, 3.05) is 21.3 Å². The number of rotatable bonds is 4. The first-order chi connectivity index (χ1) is 13.0. The van der Waals surface area contributed by atoms with Crippen LogP contribution in [0.3, 0.4) is 0 Å². The van der Waals surface area contributed by atoms with Crippen molar-refractivity contribution in [2.24, 2.45) is 0 Å². The van der Waals surface area contributed by atoms with Gasteiger partial charge in [0.05, 0.1) is 26.0 Å². The van der Waals surface area contributed by atoms with E-state index in [0.717, 1.165) is 22.4 Å². The molecule has 27 heavy (non-hydrogen) atoms. The molecule has 1 aliphatic rings. The fourth-order valence-corrected chi connectivity index (χ4v) is 3.63. The molecule has 0 aliphatic carbocycles. The summed E-state index contributed by atoms with van der Waals surface area (Å²) in [6.45, 7) is 0. The number of aromatic nitrogens is 2. The molecule has 138 valence electrons. The van der Waals surface area contributed by atoms with Crippen LogP contribution in [0.15, 0.2) is 42.5 Å². The van der Waals surface area contributed by atoms with Gasteiger partial charge >= 0.3 is 0 Å². The minimum Gasteiger partial charge on any atom is -0.493 e. The van der Waals surface area contributed by atoms with Gasteiger partial charge < -0.3 is 14.4 Å². The Morgan fingerprint density at radius 1 is 1.07 bits per heavy atom. The van der Waals surface area contributed by atoms with Gasteiger partial charge in [-0.3, -0.25) is 9.89 Å². The van der Waals surface area contributed by atoms with Crippen LogP contribution >= 0.6 is 11.6 Å². The van der Waals surface area contributed by atoms with Crippen LogP contribution in [0, 0.1) is 0 Å². The summed E-state index contributed by atoms with van der Waals surface area (Å²) in [5.74, 6) is 1.15. The van der Waals surface area contributed by atoms with Crippen LogP contribution in [0.25, 0.3) is 11.3 Å². The number of nitrogens with zero attached hydrogens (tertiary/aromatic N) is 2. The Hall–Kier alpha value is -2.99. The van der Waals surface area contributed by atoms with E-state index in [2.05, 4.69) is 10.2 Å². The lowest BCUT2D eigenvalue weighted by atomic mass is 9.96. The third kappa shape index (κ3) is 2.73. The molecule has 0 fully saturated rings. The van der Waals surface area contributed by atoms with Crippen molar-refractivity contribution >= 4 is 17.5 Å². The van der Waals surface area contributed by atoms with Crippen LogP contribution in [0.2, 0.25) is 5.02 Å². The van der Waals surface area contributed by atoms with E-state index in [-0.39, 0.29) is 11.9 Å². The van der Waals surface area contributed by atoms with E-state index in [1.807, 2.05) is 42.5 Å². The van der Waals surface area contributed by atoms with Gasteiger partial charge in [0.1, 0.15) is 5.69 Å². The SMILES string of the molecule is COc1ccc([C@H]2c3c(-c4ccc(Cl)cc4)n[nH]c3C(=O)N2C)cc1OC. The number of carbonyl (C=O) groups is 1. The number of hydrogen-bond acceptors (Lipinski definition) is 4. The first-order valence-corrected chi connectivity index (χ1v) is 8.76. The number of nitrogens with one attached hydrogen (secondary N) is 1. The molecule has 4 rings (SSSR count). The van der Waals surface area contributed by atoms with Gasteiger partial charge in [-0.2, -0.15) is 5.10 Å². The lowest BCUT2D eigenvalue weighted by molar-refractivity contribution is 0.0787. The summed E-state index contributed by atoms with van der Waals surface area (Å²) in [7, 11) is 4.96. The predicted octanol–water partition coefficient (Wildman–Crippen LogP) is 3.92. The van der Waals surface area contributed by atoms with E-state index in [4.69, 9.17) is 21.1 Å². The van der Waals surface area contributed by atoms with Crippen LogP contribution in [-0.4, -0.2) is 42.3 Å². The maximum Gasteiger partial charge on any atom is 0.272 e. The molecule has 1 aromatic heterocycles. The number of amides is 1. The zero-order valence-electron chi connectivity index (χ0n) is 15.1. The second kappa shape index (κ2) is 6.63. The van der Waals surface area contributed by atoms with Gasteiger partial charge in [0.25, 0.3) is 5.91 Å². The first-order valence-electron chi connectivity index (χ1n) is 8.38. The molecule has 7 heteroatoms. The molecular weight excluding hydrogens is 366 g/mol. The van der Waals surface area contributed by atoms with E-state index in [1.165, 1.54) is 0 Å². The van der Waals surface area contributed by atoms with E-state index >= 15 is 0 Å². The van der Waals surface area contributed by atoms with Crippen molar-refractivity contribution < 1.29 is 14.3 Å². The Kier molecular flexibility index (Phi) is 4.28. The minimum absolute atomic E-state index is 0.0995. The van der Waals surface area contributed by atoms with Crippen molar-refractivity contribution in [3.63, 3.8) is 0 Å². The molecule has 1 amide bonds. The molecule has 1 N–H and O–H groups in total. The number of carbonyl (C=O) groups excluding carboxylic acids is 1. The van der Waals surface area contributed by atoms with Crippen LogP contribution in [-0.2, 0) is 0 Å². The van der Waals surface area contributed by atoms with Crippen molar-refractivity contribution in [2.45, 2.75) is 6.04 Å². The Balaban J connectivity index is 1.86.